The molecule has 1 fully saturated rings. The van der Waals surface area contributed by atoms with Gasteiger partial charge >= 0.3 is 11.9 Å². The highest BCUT2D eigenvalue weighted by atomic mass is 32.2. The molecule has 0 radical (unpaired) electrons. The highest BCUT2D eigenvalue weighted by Gasteiger charge is 2.46. The predicted octanol–water partition coefficient (Wildman–Crippen LogP) is 2.24. The molecule has 0 unspecified atom stereocenters. The molecule has 1 aromatic rings. The Balaban J connectivity index is 1.99. The van der Waals surface area contributed by atoms with Crippen molar-refractivity contribution in [2.45, 2.75) is 51.8 Å². The standard InChI is InChI=1S/C16H22N2O4S/c1-9-11(10(2)18-15(17-9)23-5)6-7-12(19)22-13-14(20)21-8-16(13,3)4/h13H,6-8H2,1-5H3/t13-/m0/s1. The van der Waals surface area contributed by atoms with E-state index in [0.29, 0.717) is 6.42 Å². The summed E-state index contributed by atoms with van der Waals surface area (Å²) < 4.78 is 10.3. The van der Waals surface area contributed by atoms with Crippen molar-refractivity contribution in [3.63, 3.8) is 0 Å². The zero-order valence-electron chi connectivity index (χ0n) is 14.1. The second kappa shape index (κ2) is 6.86. The number of cyclic esters (lactones) is 1. The lowest BCUT2D eigenvalue weighted by molar-refractivity contribution is -0.163. The minimum Gasteiger partial charge on any atom is -0.462 e. The maximum atomic E-state index is 12.1. The van der Waals surface area contributed by atoms with Crippen LogP contribution in [0.25, 0.3) is 0 Å². The van der Waals surface area contributed by atoms with Gasteiger partial charge in [0, 0.05) is 23.2 Å². The molecule has 2 rings (SSSR count). The molecule has 2 heterocycles. The quantitative estimate of drug-likeness (QED) is 0.463. The number of ether oxygens (including phenoxy) is 2. The van der Waals surface area contributed by atoms with Crippen LogP contribution in [-0.4, -0.2) is 40.9 Å². The number of hydrogen-bond donors (Lipinski definition) is 0. The SMILES string of the molecule is CSc1nc(C)c(CCC(=O)O[C@H]2C(=O)OCC2(C)C)c(C)n1. The van der Waals surface area contributed by atoms with E-state index in [0.717, 1.165) is 22.1 Å². The molecule has 0 aromatic carbocycles. The molecule has 0 amide bonds. The molecular weight excluding hydrogens is 316 g/mol. The molecule has 1 aliphatic heterocycles. The topological polar surface area (TPSA) is 78.4 Å². The molecule has 1 saturated heterocycles. The highest BCUT2D eigenvalue weighted by molar-refractivity contribution is 7.98. The van der Waals surface area contributed by atoms with Crippen molar-refractivity contribution in [1.29, 1.82) is 0 Å². The van der Waals surface area contributed by atoms with Crippen molar-refractivity contribution >= 4 is 23.7 Å². The first-order valence-electron chi connectivity index (χ1n) is 7.49. The molecular formula is C16H22N2O4S. The molecule has 0 aliphatic carbocycles. The van der Waals surface area contributed by atoms with Crippen molar-refractivity contribution in [2.24, 2.45) is 5.41 Å². The third-order valence-electron chi connectivity index (χ3n) is 3.92. The van der Waals surface area contributed by atoms with Gasteiger partial charge < -0.3 is 9.47 Å². The molecule has 0 bridgehead atoms. The molecule has 1 atom stereocenters. The Morgan fingerprint density at radius 3 is 2.43 bits per heavy atom. The monoisotopic (exact) mass is 338 g/mol. The summed E-state index contributed by atoms with van der Waals surface area (Å²) in [6, 6.07) is 0. The average molecular weight is 338 g/mol. The van der Waals surface area contributed by atoms with Crippen LogP contribution in [0.4, 0.5) is 0 Å². The molecule has 0 spiro atoms. The van der Waals surface area contributed by atoms with Crippen LogP contribution in [0.3, 0.4) is 0 Å². The largest absolute Gasteiger partial charge is 0.462 e. The Morgan fingerprint density at radius 2 is 1.96 bits per heavy atom. The Kier molecular flexibility index (Phi) is 5.29. The normalized spacial score (nSPS) is 19.5. The van der Waals surface area contributed by atoms with Crippen LogP contribution in [-0.2, 0) is 25.5 Å². The molecule has 0 N–H and O–H groups in total. The summed E-state index contributed by atoms with van der Waals surface area (Å²) in [7, 11) is 0. The van der Waals surface area contributed by atoms with E-state index in [1.165, 1.54) is 11.8 Å². The third-order valence-corrected chi connectivity index (χ3v) is 4.47. The predicted molar refractivity (Wildman–Crippen MR) is 86.2 cm³/mol. The molecule has 1 aromatic heterocycles. The Morgan fingerprint density at radius 1 is 1.35 bits per heavy atom. The number of aryl methyl sites for hydroxylation is 2. The van der Waals surface area contributed by atoms with Gasteiger partial charge in [-0.2, -0.15) is 0 Å². The first kappa shape index (κ1) is 17.7. The van der Waals surface area contributed by atoms with Gasteiger partial charge in [0.1, 0.15) is 6.61 Å². The van der Waals surface area contributed by atoms with Crippen molar-refractivity contribution in [2.75, 3.05) is 12.9 Å². The van der Waals surface area contributed by atoms with E-state index >= 15 is 0 Å². The van der Waals surface area contributed by atoms with Crippen LogP contribution in [0.15, 0.2) is 5.16 Å². The summed E-state index contributed by atoms with van der Waals surface area (Å²) in [6.45, 7) is 7.78. The van der Waals surface area contributed by atoms with E-state index in [4.69, 9.17) is 9.47 Å². The molecule has 0 saturated carbocycles. The van der Waals surface area contributed by atoms with Gasteiger partial charge in [-0.3, -0.25) is 4.79 Å². The number of rotatable bonds is 5. The van der Waals surface area contributed by atoms with E-state index in [9.17, 15) is 9.59 Å². The first-order valence-corrected chi connectivity index (χ1v) is 8.71. The number of carbonyl (C=O) groups excluding carboxylic acids is 2. The fraction of sp³-hybridized carbons (Fsp3) is 0.625. The third kappa shape index (κ3) is 4.02. The van der Waals surface area contributed by atoms with Gasteiger partial charge in [0.25, 0.3) is 0 Å². The minimum atomic E-state index is -0.827. The van der Waals surface area contributed by atoms with E-state index in [1.807, 2.05) is 34.0 Å². The Bertz CT molecular complexity index is 608. The summed E-state index contributed by atoms with van der Waals surface area (Å²) in [5, 5.41) is 0.724. The summed E-state index contributed by atoms with van der Waals surface area (Å²) in [6.07, 6.45) is 1.78. The zero-order valence-corrected chi connectivity index (χ0v) is 15.0. The van der Waals surface area contributed by atoms with Crippen molar-refractivity contribution < 1.29 is 19.1 Å². The molecule has 1 aliphatic rings. The highest BCUT2D eigenvalue weighted by Crippen LogP contribution is 2.31. The van der Waals surface area contributed by atoms with Gasteiger partial charge in [-0.25, -0.2) is 14.8 Å². The lowest BCUT2D eigenvalue weighted by Crippen LogP contribution is -2.35. The van der Waals surface area contributed by atoms with Crippen LogP contribution >= 0.6 is 11.8 Å². The van der Waals surface area contributed by atoms with E-state index < -0.39 is 23.5 Å². The fourth-order valence-corrected chi connectivity index (χ4v) is 2.97. The van der Waals surface area contributed by atoms with E-state index in [1.54, 1.807) is 0 Å². The van der Waals surface area contributed by atoms with Crippen LogP contribution in [0, 0.1) is 19.3 Å². The number of hydrogen-bond acceptors (Lipinski definition) is 7. The van der Waals surface area contributed by atoms with Gasteiger partial charge in [-0.05, 0) is 32.1 Å². The van der Waals surface area contributed by atoms with Gasteiger partial charge in [-0.1, -0.05) is 25.6 Å². The van der Waals surface area contributed by atoms with Crippen LogP contribution in [0.5, 0.6) is 0 Å². The second-order valence-electron chi connectivity index (χ2n) is 6.33. The second-order valence-corrected chi connectivity index (χ2v) is 7.10. The van der Waals surface area contributed by atoms with Gasteiger partial charge in [0.15, 0.2) is 5.16 Å². The molecule has 23 heavy (non-hydrogen) atoms. The maximum absolute atomic E-state index is 12.1. The fourth-order valence-electron chi connectivity index (χ4n) is 2.51. The maximum Gasteiger partial charge on any atom is 0.348 e. The summed E-state index contributed by atoms with van der Waals surface area (Å²) in [4.78, 5) is 32.5. The summed E-state index contributed by atoms with van der Waals surface area (Å²) in [5.74, 6) is -0.877. The molecule has 6 nitrogen and oxygen atoms in total. The van der Waals surface area contributed by atoms with Gasteiger partial charge in [-0.15, -0.1) is 0 Å². The van der Waals surface area contributed by atoms with Crippen LogP contribution in [0.2, 0.25) is 0 Å². The Labute approximate surface area is 140 Å². The van der Waals surface area contributed by atoms with Crippen molar-refractivity contribution in [1.82, 2.24) is 9.97 Å². The van der Waals surface area contributed by atoms with Gasteiger partial charge in [0.2, 0.25) is 6.10 Å². The zero-order chi connectivity index (χ0) is 17.2. The minimum absolute atomic E-state index is 0.184. The molecule has 7 heteroatoms. The van der Waals surface area contributed by atoms with Crippen molar-refractivity contribution in [3.05, 3.63) is 17.0 Å². The number of aromatic nitrogens is 2. The smallest absolute Gasteiger partial charge is 0.348 e. The van der Waals surface area contributed by atoms with E-state index in [2.05, 4.69) is 9.97 Å². The van der Waals surface area contributed by atoms with Crippen molar-refractivity contribution in [3.8, 4) is 0 Å². The number of nitrogens with zero attached hydrogens (tertiary/aromatic N) is 2. The summed E-state index contributed by atoms with van der Waals surface area (Å²) >= 11 is 1.49. The lowest BCUT2D eigenvalue weighted by Gasteiger charge is -2.21. The van der Waals surface area contributed by atoms with E-state index in [-0.39, 0.29) is 13.0 Å². The van der Waals surface area contributed by atoms with Crippen LogP contribution in [0.1, 0.15) is 37.2 Å². The number of carbonyl (C=O) groups is 2. The average Bonchev–Trinajstić information content (AvgIpc) is 2.73. The summed E-state index contributed by atoms with van der Waals surface area (Å²) in [5.41, 5.74) is 2.21. The number of esters is 2. The van der Waals surface area contributed by atoms with Crippen LogP contribution < -0.4 is 0 Å². The molecule has 126 valence electrons. The lowest BCUT2D eigenvalue weighted by atomic mass is 9.90. The van der Waals surface area contributed by atoms with Gasteiger partial charge in [0.05, 0.1) is 0 Å². The Hall–Kier alpha value is -1.63. The number of thioether (sulfide) groups is 1. The first-order chi connectivity index (χ1) is 10.7.